The molecule has 0 aromatic carbocycles. The van der Waals surface area contributed by atoms with E-state index in [-0.39, 0.29) is 11.3 Å². The normalized spacial score (nSPS) is 23.3. The summed E-state index contributed by atoms with van der Waals surface area (Å²) in [6.45, 7) is 2.86. The smallest absolute Gasteiger partial charge is 0.227 e. The molecule has 0 unspecified atom stereocenters. The highest BCUT2D eigenvalue weighted by Crippen LogP contribution is 2.40. The van der Waals surface area contributed by atoms with Crippen molar-refractivity contribution in [1.82, 2.24) is 15.3 Å². The maximum atomic E-state index is 12.1. The summed E-state index contributed by atoms with van der Waals surface area (Å²) in [4.78, 5) is 21.9. The summed E-state index contributed by atoms with van der Waals surface area (Å²) < 4.78 is 0. The van der Waals surface area contributed by atoms with Gasteiger partial charge in [0.2, 0.25) is 5.91 Å². The number of amides is 1. The van der Waals surface area contributed by atoms with E-state index in [0.717, 1.165) is 38.2 Å². The quantitative estimate of drug-likeness (QED) is 0.769. The van der Waals surface area contributed by atoms with Gasteiger partial charge < -0.3 is 10.2 Å². The van der Waals surface area contributed by atoms with Gasteiger partial charge in [0.1, 0.15) is 6.33 Å². The molecule has 1 amide bonds. The molecule has 0 radical (unpaired) electrons. The Morgan fingerprint density at radius 1 is 1.24 bits per heavy atom. The van der Waals surface area contributed by atoms with Crippen LogP contribution in [-0.2, 0) is 4.79 Å². The van der Waals surface area contributed by atoms with Crippen molar-refractivity contribution in [2.24, 2.45) is 5.41 Å². The van der Waals surface area contributed by atoms with Gasteiger partial charge in [0.15, 0.2) is 0 Å². The Bertz CT molecular complexity index is 414. The maximum absolute atomic E-state index is 12.1. The van der Waals surface area contributed by atoms with Crippen molar-refractivity contribution in [3.05, 3.63) is 18.7 Å². The van der Waals surface area contributed by atoms with E-state index in [4.69, 9.17) is 0 Å². The molecule has 3 heterocycles. The third kappa shape index (κ3) is 1.91. The number of hydrogen-bond acceptors (Lipinski definition) is 4. The molecule has 3 rings (SSSR count). The fourth-order valence-corrected chi connectivity index (χ4v) is 2.85. The van der Waals surface area contributed by atoms with Gasteiger partial charge in [-0.3, -0.25) is 4.79 Å². The minimum atomic E-state index is 0.179. The van der Waals surface area contributed by atoms with Crippen molar-refractivity contribution in [3.8, 4) is 0 Å². The van der Waals surface area contributed by atoms with E-state index in [1.165, 1.54) is 6.33 Å². The highest BCUT2D eigenvalue weighted by atomic mass is 16.2. The van der Waals surface area contributed by atoms with E-state index in [1.54, 1.807) is 12.4 Å². The van der Waals surface area contributed by atoms with Crippen molar-refractivity contribution in [1.29, 1.82) is 0 Å². The molecule has 1 N–H and O–H groups in total. The molecule has 0 bridgehead atoms. The van der Waals surface area contributed by atoms with Crippen LogP contribution in [0.5, 0.6) is 0 Å². The second kappa shape index (κ2) is 4.07. The number of carbonyl (C=O) groups excluding carboxylic acids is 1. The number of hydrogen-bond donors (Lipinski definition) is 1. The Balaban J connectivity index is 1.82. The van der Waals surface area contributed by atoms with Gasteiger partial charge in [0.25, 0.3) is 0 Å². The van der Waals surface area contributed by atoms with Gasteiger partial charge in [-0.1, -0.05) is 0 Å². The van der Waals surface area contributed by atoms with Crippen molar-refractivity contribution >= 4 is 11.6 Å². The van der Waals surface area contributed by atoms with Crippen LogP contribution < -0.4 is 10.2 Å². The van der Waals surface area contributed by atoms with Crippen LogP contribution in [0.25, 0.3) is 0 Å². The Morgan fingerprint density at radius 2 is 1.94 bits per heavy atom. The van der Waals surface area contributed by atoms with Gasteiger partial charge in [0, 0.05) is 13.0 Å². The molecule has 1 spiro atoms. The molecule has 0 atom stereocenters. The molecule has 17 heavy (non-hydrogen) atoms. The monoisotopic (exact) mass is 232 g/mol. The predicted octanol–water partition coefficient (Wildman–Crippen LogP) is 0.583. The standard InChI is InChI=1S/C12H16N4O/c17-11-5-12(1-3-13-4-2-12)8-16(11)10-6-14-9-15-7-10/h6-7,9,13H,1-5,8H2. The van der Waals surface area contributed by atoms with Crippen LogP contribution in [0, 0.1) is 5.41 Å². The molecule has 0 aliphatic carbocycles. The van der Waals surface area contributed by atoms with Gasteiger partial charge in [-0.05, 0) is 31.3 Å². The second-order valence-corrected chi connectivity index (χ2v) is 5.00. The molecule has 2 aliphatic heterocycles. The van der Waals surface area contributed by atoms with Crippen LogP contribution in [0.1, 0.15) is 19.3 Å². The summed E-state index contributed by atoms with van der Waals surface area (Å²) in [6, 6.07) is 0. The van der Waals surface area contributed by atoms with Crippen molar-refractivity contribution in [2.45, 2.75) is 19.3 Å². The number of rotatable bonds is 1. The Morgan fingerprint density at radius 3 is 2.65 bits per heavy atom. The average Bonchev–Trinajstić information content (AvgIpc) is 2.68. The summed E-state index contributed by atoms with van der Waals surface area (Å²) in [5.74, 6) is 0.210. The zero-order chi connectivity index (χ0) is 11.7. The van der Waals surface area contributed by atoms with E-state index in [0.29, 0.717) is 6.42 Å². The van der Waals surface area contributed by atoms with Crippen LogP contribution in [0.2, 0.25) is 0 Å². The molecule has 2 saturated heterocycles. The highest BCUT2D eigenvalue weighted by molar-refractivity contribution is 5.96. The molecule has 5 heteroatoms. The molecule has 2 fully saturated rings. The van der Waals surface area contributed by atoms with E-state index >= 15 is 0 Å². The van der Waals surface area contributed by atoms with E-state index < -0.39 is 0 Å². The third-order valence-electron chi connectivity index (χ3n) is 3.84. The number of piperidine rings is 1. The summed E-state index contributed by atoms with van der Waals surface area (Å²) in [5.41, 5.74) is 1.01. The lowest BCUT2D eigenvalue weighted by Gasteiger charge is -2.32. The average molecular weight is 232 g/mol. The molecule has 2 aliphatic rings. The van der Waals surface area contributed by atoms with Gasteiger partial charge in [-0.2, -0.15) is 0 Å². The minimum Gasteiger partial charge on any atom is -0.317 e. The second-order valence-electron chi connectivity index (χ2n) is 5.00. The minimum absolute atomic E-state index is 0.179. The molecule has 90 valence electrons. The topological polar surface area (TPSA) is 58.1 Å². The number of carbonyl (C=O) groups is 1. The van der Waals surface area contributed by atoms with E-state index in [9.17, 15) is 4.79 Å². The number of nitrogens with zero attached hydrogens (tertiary/aromatic N) is 3. The van der Waals surface area contributed by atoms with Gasteiger partial charge in [0.05, 0.1) is 18.1 Å². The lowest BCUT2D eigenvalue weighted by atomic mass is 9.78. The van der Waals surface area contributed by atoms with Crippen LogP contribution >= 0.6 is 0 Å². The van der Waals surface area contributed by atoms with Gasteiger partial charge >= 0.3 is 0 Å². The van der Waals surface area contributed by atoms with Crippen molar-refractivity contribution < 1.29 is 4.79 Å². The first-order valence-electron chi connectivity index (χ1n) is 6.05. The zero-order valence-electron chi connectivity index (χ0n) is 9.72. The Hall–Kier alpha value is -1.49. The lowest BCUT2D eigenvalue weighted by Crippen LogP contribution is -2.38. The van der Waals surface area contributed by atoms with Crippen LogP contribution in [0.3, 0.4) is 0 Å². The highest BCUT2D eigenvalue weighted by Gasteiger charge is 2.44. The number of anilines is 1. The van der Waals surface area contributed by atoms with Gasteiger partial charge in [-0.15, -0.1) is 0 Å². The summed E-state index contributed by atoms with van der Waals surface area (Å²) in [6.07, 6.45) is 7.76. The first kappa shape index (κ1) is 10.7. The Kier molecular flexibility index (Phi) is 2.55. The molecule has 0 saturated carbocycles. The third-order valence-corrected chi connectivity index (χ3v) is 3.84. The molecule has 1 aromatic rings. The zero-order valence-corrected chi connectivity index (χ0v) is 9.72. The molecular weight excluding hydrogens is 216 g/mol. The lowest BCUT2D eigenvalue weighted by molar-refractivity contribution is -0.117. The van der Waals surface area contributed by atoms with Crippen LogP contribution in [0.15, 0.2) is 18.7 Å². The largest absolute Gasteiger partial charge is 0.317 e. The maximum Gasteiger partial charge on any atom is 0.227 e. The van der Waals surface area contributed by atoms with Gasteiger partial charge in [-0.25, -0.2) is 9.97 Å². The van der Waals surface area contributed by atoms with Crippen LogP contribution in [-0.4, -0.2) is 35.5 Å². The summed E-state index contributed by atoms with van der Waals surface area (Å²) in [5, 5.41) is 3.35. The fourth-order valence-electron chi connectivity index (χ4n) is 2.85. The first-order valence-corrected chi connectivity index (χ1v) is 6.05. The van der Waals surface area contributed by atoms with Crippen LogP contribution in [0.4, 0.5) is 5.69 Å². The predicted molar refractivity (Wildman–Crippen MR) is 63.5 cm³/mol. The summed E-state index contributed by atoms with van der Waals surface area (Å²) in [7, 11) is 0. The molecule has 5 nitrogen and oxygen atoms in total. The molecular formula is C12H16N4O. The number of nitrogens with one attached hydrogen (secondary N) is 1. The van der Waals surface area contributed by atoms with Crippen molar-refractivity contribution in [3.63, 3.8) is 0 Å². The van der Waals surface area contributed by atoms with E-state index in [1.807, 2.05) is 4.90 Å². The first-order chi connectivity index (χ1) is 8.29. The Labute approximate surface area is 100 Å². The van der Waals surface area contributed by atoms with E-state index in [2.05, 4.69) is 15.3 Å². The van der Waals surface area contributed by atoms with Crippen molar-refractivity contribution in [2.75, 3.05) is 24.5 Å². The summed E-state index contributed by atoms with van der Waals surface area (Å²) >= 11 is 0. The number of aromatic nitrogens is 2. The fraction of sp³-hybridized carbons (Fsp3) is 0.583. The SMILES string of the molecule is O=C1CC2(CCNCC2)CN1c1cncnc1. The molecule has 1 aromatic heterocycles.